The highest BCUT2D eigenvalue weighted by molar-refractivity contribution is 5.64. The number of ether oxygens (including phenoxy) is 2. The number of carbonyl (C=O) groups is 1. The van der Waals surface area contributed by atoms with Crippen LogP contribution in [-0.2, 0) is 22.4 Å². The summed E-state index contributed by atoms with van der Waals surface area (Å²) < 4.78 is 10.5. The molecule has 4 rings (SSSR count). The number of aryl methyl sites for hydroxylation is 1. The molecule has 188 valence electrons. The lowest BCUT2D eigenvalue weighted by molar-refractivity contribution is -0.106. The third-order valence-electron chi connectivity index (χ3n) is 5.75. The predicted molar refractivity (Wildman–Crippen MR) is 137 cm³/mol. The molecule has 1 saturated heterocycles. The fourth-order valence-corrected chi connectivity index (χ4v) is 3.96. The van der Waals surface area contributed by atoms with Gasteiger partial charge in [-0.3, -0.25) is 9.88 Å². The number of pyridine rings is 1. The average Bonchev–Trinajstić information content (AvgIpc) is 3.57. The van der Waals surface area contributed by atoms with Gasteiger partial charge in [0.05, 0.1) is 6.54 Å². The second kappa shape index (κ2) is 15.3. The fraction of sp³-hybridized carbons (Fsp3) is 0.615. The maximum Gasteiger partial charge on any atom is 0.180 e. The minimum Gasteiger partial charge on any atom is -0.492 e. The minimum atomic E-state index is 0.315. The standard InChI is InChI=1S/C21H27N5O2.C3H8O.C2H6/c1-25(11-13-27)21-17-5-4-6-18(17)23-20(24-21)19-15-16(7-8-22-19)28-14-12-26-9-2-3-10-26;1-3-4-2;1-2/h7-8,13,15H,2-6,9-12,14H2,1H3;3H2,1-2H3;1-2H3. The molecule has 8 heteroatoms. The van der Waals surface area contributed by atoms with E-state index in [1.165, 1.54) is 25.9 Å². The minimum absolute atomic E-state index is 0.315. The van der Waals surface area contributed by atoms with Crippen LogP contribution in [0.3, 0.4) is 0 Å². The molecule has 2 aliphatic rings. The van der Waals surface area contributed by atoms with Gasteiger partial charge < -0.3 is 19.2 Å². The van der Waals surface area contributed by atoms with Crippen LogP contribution >= 0.6 is 0 Å². The van der Waals surface area contributed by atoms with Gasteiger partial charge in [0, 0.05) is 50.8 Å². The third-order valence-corrected chi connectivity index (χ3v) is 5.75. The first-order chi connectivity index (χ1) is 16.7. The van der Waals surface area contributed by atoms with Crippen molar-refractivity contribution in [2.45, 2.75) is 52.9 Å². The van der Waals surface area contributed by atoms with Crippen LogP contribution in [-0.4, -0.2) is 79.7 Å². The predicted octanol–water partition coefficient (Wildman–Crippen LogP) is 3.82. The molecule has 0 saturated carbocycles. The molecule has 0 aromatic carbocycles. The number of aldehydes is 1. The molecule has 1 aliphatic heterocycles. The van der Waals surface area contributed by atoms with Gasteiger partial charge in [-0.2, -0.15) is 0 Å². The summed E-state index contributed by atoms with van der Waals surface area (Å²) in [4.78, 5) is 29.3. The van der Waals surface area contributed by atoms with E-state index in [9.17, 15) is 4.79 Å². The van der Waals surface area contributed by atoms with Gasteiger partial charge in [0.25, 0.3) is 0 Å². The van der Waals surface area contributed by atoms with Crippen LogP contribution in [0.4, 0.5) is 5.82 Å². The Balaban J connectivity index is 0.000000618. The summed E-state index contributed by atoms with van der Waals surface area (Å²) in [5.41, 5.74) is 2.93. The highest BCUT2D eigenvalue weighted by Crippen LogP contribution is 2.31. The van der Waals surface area contributed by atoms with Crippen molar-refractivity contribution in [1.82, 2.24) is 19.9 Å². The van der Waals surface area contributed by atoms with Crippen LogP contribution in [0.5, 0.6) is 5.75 Å². The number of likely N-dealkylation sites (tertiary alicyclic amines) is 1. The zero-order valence-corrected chi connectivity index (χ0v) is 21.5. The number of hydrogen-bond acceptors (Lipinski definition) is 8. The van der Waals surface area contributed by atoms with Crippen LogP contribution in [0.25, 0.3) is 11.5 Å². The number of hydrogen-bond donors (Lipinski definition) is 0. The Morgan fingerprint density at radius 2 is 1.88 bits per heavy atom. The largest absolute Gasteiger partial charge is 0.492 e. The first-order valence-electron chi connectivity index (χ1n) is 12.5. The van der Waals surface area contributed by atoms with E-state index in [0.717, 1.165) is 61.5 Å². The summed E-state index contributed by atoms with van der Waals surface area (Å²) in [5.74, 6) is 2.22. The highest BCUT2D eigenvalue weighted by Gasteiger charge is 2.22. The lowest BCUT2D eigenvalue weighted by Crippen LogP contribution is -2.25. The monoisotopic (exact) mass is 471 g/mol. The maximum absolute atomic E-state index is 11.0. The quantitative estimate of drug-likeness (QED) is 0.511. The summed E-state index contributed by atoms with van der Waals surface area (Å²) in [7, 11) is 3.57. The van der Waals surface area contributed by atoms with E-state index in [1.54, 1.807) is 13.3 Å². The van der Waals surface area contributed by atoms with E-state index < -0.39 is 0 Å². The number of rotatable bonds is 9. The number of likely N-dealkylation sites (N-methyl/N-ethyl adjacent to an activating group) is 1. The van der Waals surface area contributed by atoms with Crippen molar-refractivity contribution in [1.29, 1.82) is 0 Å². The Morgan fingerprint density at radius 1 is 1.15 bits per heavy atom. The number of anilines is 1. The van der Waals surface area contributed by atoms with Gasteiger partial charge in [-0.15, -0.1) is 0 Å². The molecule has 0 bridgehead atoms. The first kappa shape index (κ1) is 27.7. The molecule has 0 amide bonds. The van der Waals surface area contributed by atoms with Gasteiger partial charge in [0.1, 0.15) is 30.2 Å². The lowest BCUT2D eigenvalue weighted by atomic mass is 10.2. The molecule has 2 aromatic heterocycles. The molecule has 8 nitrogen and oxygen atoms in total. The fourth-order valence-electron chi connectivity index (χ4n) is 3.96. The summed E-state index contributed by atoms with van der Waals surface area (Å²) in [6.07, 6.45) is 8.19. The Bertz CT molecular complexity index is 870. The van der Waals surface area contributed by atoms with Crippen molar-refractivity contribution in [3.63, 3.8) is 0 Å². The van der Waals surface area contributed by atoms with E-state index >= 15 is 0 Å². The summed E-state index contributed by atoms with van der Waals surface area (Å²) >= 11 is 0. The number of carbonyl (C=O) groups excluding carboxylic acids is 1. The van der Waals surface area contributed by atoms with Crippen molar-refractivity contribution in [3.8, 4) is 17.3 Å². The molecule has 1 aliphatic carbocycles. The van der Waals surface area contributed by atoms with Crippen LogP contribution in [0.2, 0.25) is 0 Å². The molecule has 0 atom stereocenters. The van der Waals surface area contributed by atoms with Crippen molar-refractivity contribution in [3.05, 3.63) is 29.6 Å². The summed E-state index contributed by atoms with van der Waals surface area (Å²) in [6, 6.07) is 3.78. The molecule has 0 N–H and O–H groups in total. The molecule has 34 heavy (non-hydrogen) atoms. The zero-order chi connectivity index (χ0) is 24.8. The first-order valence-corrected chi connectivity index (χ1v) is 12.5. The Morgan fingerprint density at radius 3 is 2.56 bits per heavy atom. The SMILES string of the molecule is CC.CCOC.CN(CC=O)c1nc(-c2cc(OCCN3CCCC3)ccn2)nc2c1CCC2. The maximum atomic E-state index is 11.0. The topological polar surface area (TPSA) is 80.7 Å². The molecular weight excluding hydrogens is 430 g/mol. The number of methoxy groups -OCH3 is 1. The van der Waals surface area contributed by atoms with E-state index in [1.807, 2.05) is 44.9 Å². The highest BCUT2D eigenvalue weighted by atomic mass is 16.5. The van der Waals surface area contributed by atoms with Crippen molar-refractivity contribution >= 4 is 12.1 Å². The van der Waals surface area contributed by atoms with E-state index in [0.29, 0.717) is 24.7 Å². The second-order valence-electron chi connectivity index (χ2n) is 8.05. The lowest BCUT2D eigenvalue weighted by Gasteiger charge is -2.19. The molecule has 3 heterocycles. The zero-order valence-electron chi connectivity index (χ0n) is 21.5. The third kappa shape index (κ3) is 8.02. The van der Waals surface area contributed by atoms with E-state index in [-0.39, 0.29) is 0 Å². The average molecular weight is 472 g/mol. The van der Waals surface area contributed by atoms with Crippen LogP contribution in [0.15, 0.2) is 18.3 Å². The van der Waals surface area contributed by atoms with Gasteiger partial charge in [-0.05, 0) is 58.2 Å². The van der Waals surface area contributed by atoms with Crippen LogP contribution < -0.4 is 9.64 Å². The van der Waals surface area contributed by atoms with Gasteiger partial charge in [0.2, 0.25) is 0 Å². The number of aromatic nitrogens is 3. The number of nitrogens with zero attached hydrogens (tertiary/aromatic N) is 5. The van der Waals surface area contributed by atoms with Crippen LogP contribution in [0, 0.1) is 0 Å². The summed E-state index contributed by atoms with van der Waals surface area (Å²) in [5, 5.41) is 0. The summed E-state index contributed by atoms with van der Waals surface area (Å²) in [6.45, 7) is 11.1. The van der Waals surface area contributed by atoms with Crippen LogP contribution in [0.1, 0.15) is 51.3 Å². The van der Waals surface area contributed by atoms with Gasteiger partial charge in [0.15, 0.2) is 5.82 Å². The molecular formula is C26H41N5O3. The van der Waals surface area contributed by atoms with Gasteiger partial charge in [-0.25, -0.2) is 9.97 Å². The molecule has 2 aromatic rings. The van der Waals surface area contributed by atoms with Crippen molar-refractivity contribution in [2.75, 3.05) is 58.5 Å². The van der Waals surface area contributed by atoms with E-state index in [2.05, 4.69) is 14.6 Å². The number of fused-ring (bicyclic) bond motifs is 1. The van der Waals surface area contributed by atoms with Gasteiger partial charge in [-0.1, -0.05) is 13.8 Å². The molecule has 0 radical (unpaired) electrons. The van der Waals surface area contributed by atoms with Crippen molar-refractivity contribution in [2.24, 2.45) is 0 Å². The van der Waals surface area contributed by atoms with Crippen molar-refractivity contribution < 1.29 is 14.3 Å². The Labute approximate surface area is 204 Å². The normalized spacial score (nSPS) is 14.4. The second-order valence-corrected chi connectivity index (χ2v) is 8.05. The molecule has 0 unspecified atom stereocenters. The molecule has 0 spiro atoms. The molecule has 1 fully saturated rings. The van der Waals surface area contributed by atoms with Gasteiger partial charge >= 0.3 is 0 Å². The Hall–Kier alpha value is -2.58. The van der Waals surface area contributed by atoms with E-state index in [4.69, 9.17) is 14.7 Å². The smallest absolute Gasteiger partial charge is 0.180 e. The Kier molecular flexibility index (Phi) is 12.5.